The molecule has 3 rings (SSSR count). The minimum atomic E-state index is 0. The zero-order chi connectivity index (χ0) is 13.1. The Labute approximate surface area is 121 Å². The number of rotatable bonds is 2. The Kier molecular flexibility index (Phi) is 4.37. The van der Waals surface area contributed by atoms with Crippen LogP contribution < -0.4 is 0 Å². The Hall–Kier alpha value is -2.34. The minimum absolute atomic E-state index is 0. The van der Waals surface area contributed by atoms with Crippen molar-refractivity contribution < 1.29 is 0 Å². The topological polar surface area (TPSA) is 0 Å². The van der Waals surface area contributed by atoms with Crippen LogP contribution in [0.25, 0.3) is 22.3 Å². The maximum absolute atomic E-state index is 2.20. The van der Waals surface area contributed by atoms with Crippen molar-refractivity contribution in [3.63, 3.8) is 0 Å². The number of hydrogen-bond donors (Lipinski definition) is 0. The molecular formula is C20H20. The van der Waals surface area contributed by atoms with Gasteiger partial charge in [0.05, 0.1) is 0 Å². The molecule has 0 spiro atoms. The molecule has 0 aliphatic heterocycles. The molecule has 0 heterocycles. The molecule has 0 bridgehead atoms. The van der Waals surface area contributed by atoms with Crippen LogP contribution in [0.2, 0.25) is 0 Å². The molecule has 0 N–H and O–H groups in total. The summed E-state index contributed by atoms with van der Waals surface area (Å²) >= 11 is 0. The van der Waals surface area contributed by atoms with E-state index in [0.29, 0.717) is 0 Å². The van der Waals surface area contributed by atoms with Crippen LogP contribution in [0.4, 0.5) is 0 Å². The van der Waals surface area contributed by atoms with E-state index in [4.69, 9.17) is 0 Å². The first-order valence-electron chi connectivity index (χ1n) is 6.57. The second-order valence-electron chi connectivity index (χ2n) is 4.73. The first kappa shape index (κ1) is 14.1. The van der Waals surface area contributed by atoms with Crippen molar-refractivity contribution in [2.24, 2.45) is 0 Å². The van der Waals surface area contributed by atoms with Crippen molar-refractivity contribution in [2.45, 2.75) is 14.4 Å². The minimum Gasteiger partial charge on any atom is -0.0776 e. The van der Waals surface area contributed by atoms with Crippen molar-refractivity contribution in [3.05, 3.63) is 84.4 Å². The van der Waals surface area contributed by atoms with Crippen molar-refractivity contribution in [3.8, 4) is 22.3 Å². The van der Waals surface area contributed by atoms with E-state index in [1.807, 2.05) is 0 Å². The summed E-state index contributed by atoms with van der Waals surface area (Å²) < 4.78 is 0. The van der Waals surface area contributed by atoms with Crippen molar-refractivity contribution >= 4 is 0 Å². The fourth-order valence-corrected chi connectivity index (χ4v) is 2.46. The quantitative estimate of drug-likeness (QED) is 0.533. The molecule has 0 saturated heterocycles. The fraction of sp³-hybridized carbons (Fsp3) is 0.100. The highest BCUT2D eigenvalue weighted by Gasteiger charge is 2.07. The van der Waals surface area contributed by atoms with Gasteiger partial charge in [-0.05, 0) is 34.7 Å². The van der Waals surface area contributed by atoms with Crippen LogP contribution in [0.1, 0.15) is 13.0 Å². The first-order valence-corrected chi connectivity index (χ1v) is 6.57. The van der Waals surface area contributed by atoms with Gasteiger partial charge in [0.1, 0.15) is 0 Å². The summed E-state index contributed by atoms with van der Waals surface area (Å²) in [5, 5.41) is 0. The van der Waals surface area contributed by atoms with Gasteiger partial charge in [0, 0.05) is 0 Å². The third-order valence-corrected chi connectivity index (χ3v) is 3.45. The maximum Gasteiger partial charge on any atom is -0.0103 e. The van der Waals surface area contributed by atoms with E-state index >= 15 is 0 Å². The first-order chi connectivity index (χ1) is 9.36. The van der Waals surface area contributed by atoms with E-state index < -0.39 is 0 Å². The molecule has 3 aromatic carbocycles. The molecule has 0 atom stereocenters. The van der Waals surface area contributed by atoms with E-state index in [1.165, 1.54) is 27.8 Å². The summed E-state index contributed by atoms with van der Waals surface area (Å²) in [6.07, 6.45) is 0. The maximum atomic E-state index is 2.20. The summed E-state index contributed by atoms with van der Waals surface area (Å²) in [5.41, 5.74) is 6.47. The lowest BCUT2D eigenvalue weighted by Crippen LogP contribution is -1.87. The Balaban J connectivity index is 0.00000147. The normalized spacial score (nSPS) is 9.85. The lowest BCUT2D eigenvalue weighted by atomic mass is 9.92. The lowest BCUT2D eigenvalue weighted by Gasteiger charge is -2.12. The molecule has 0 fully saturated rings. The largest absolute Gasteiger partial charge is 0.0776 e. The molecule has 0 aliphatic rings. The van der Waals surface area contributed by atoms with E-state index in [0.717, 1.165) is 0 Å². The van der Waals surface area contributed by atoms with Crippen molar-refractivity contribution in [2.75, 3.05) is 0 Å². The molecular weight excluding hydrogens is 240 g/mol. The Morgan fingerprint density at radius 1 is 0.500 bits per heavy atom. The van der Waals surface area contributed by atoms with Crippen molar-refractivity contribution in [1.29, 1.82) is 0 Å². The summed E-state index contributed by atoms with van der Waals surface area (Å²) in [7, 11) is 0. The zero-order valence-corrected chi connectivity index (χ0v) is 11.0. The summed E-state index contributed by atoms with van der Waals surface area (Å²) in [5.74, 6) is 0. The van der Waals surface area contributed by atoms with Gasteiger partial charge in [0.15, 0.2) is 0 Å². The van der Waals surface area contributed by atoms with Crippen LogP contribution in [0.5, 0.6) is 0 Å². The standard InChI is InChI=1S/C19H16.CH4/c1-15-9-5-6-12-17(15)19-14-8-7-13-18(19)16-10-3-2-4-11-16;/h2-14H,1H3;1H4. The summed E-state index contributed by atoms with van der Waals surface area (Å²) in [6.45, 7) is 2.16. The fourth-order valence-electron chi connectivity index (χ4n) is 2.46. The van der Waals surface area contributed by atoms with Gasteiger partial charge in [-0.2, -0.15) is 0 Å². The van der Waals surface area contributed by atoms with Crippen molar-refractivity contribution in [1.82, 2.24) is 0 Å². The van der Waals surface area contributed by atoms with Crippen LogP contribution >= 0.6 is 0 Å². The zero-order valence-electron chi connectivity index (χ0n) is 11.0. The van der Waals surface area contributed by atoms with Gasteiger partial charge in [-0.15, -0.1) is 0 Å². The lowest BCUT2D eigenvalue weighted by molar-refractivity contribution is 1.46. The molecule has 0 radical (unpaired) electrons. The predicted octanol–water partition coefficient (Wildman–Crippen LogP) is 5.97. The molecule has 0 amide bonds. The number of benzene rings is 3. The van der Waals surface area contributed by atoms with Gasteiger partial charge >= 0.3 is 0 Å². The van der Waals surface area contributed by atoms with Crippen LogP contribution in [-0.2, 0) is 0 Å². The monoisotopic (exact) mass is 260 g/mol. The van der Waals surface area contributed by atoms with E-state index in [2.05, 4.69) is 85.8 Å². The van der Waals surface area contributed by atoms with Crippen LogP contribution in [0, 0.1) is 6.92 Å². The van der Waals surface area contributed by atoms with Crippen LogP contribution in [-0.4, -0.2) is 0 Å². The Morgan fingerprint density at radius 3 is 1.65 bits per heavy atom. The molecule has 0 aliphatic carbocycles. The highest BCUT2D eigenvalue weighted by atomic mass is 14.1. The van der Waals surface area contributed by atoms with Gasteiger partial charge in [0.2, 0.25) is 0 Å². The molecule has 0 nitrogen and oxygen atoms in total. The van der Waals surface area contributed by atoms with E-state index in [1.54, 1.807) is 0 Å². The number of hydrogen-bond acceptors (Lipinski definition) is 0. The van der Waals surface area contributed by atoms with Gasteiger partial charge < -0.3 is 0 Å². The molecule has 0 heteroatoms. The van der Waals surface area contributed by atoms with E-state index in [-0.39, 0.29) is 7.43 Å². The number of aryl methyl sites for hydroxylation is 1. The third-order valence-electron chi connectivity index (χ3n) is 3.45. The average molecular weight is 260 g/mol. The molecule has 100 valence electrons. The highest BCUT2D eigenvalue weighted by molar-refractivity contribution is 5.84. The molecule has 20 heavy (non-hydrogen) atoms. The summed E-state index contributed by atoms with van der Waals surface area (Å²) in [6, 6.07) is 27.7. The van der Waals surface area contributed by atoms with Gasteiger partial charge in [-0.3, -0.25) is 0 Å². The van der Waals surface area contributed by atoms with E-state index in [9.17, 15) is 0 Å². The molecule has 0 saturated carbocycles. The third kappa shape index (κ3) is 2.65. The smallest absolute Gasteiger partial charge is 0.0103 e. The summed E-state index contributed by atoms with van der Waals surface area (Å²) in [4.78, 5) is 0. The molecule has 0 unspecified atom stereocenters. The second kappa shape index (κ2) is 6.21. The average Bonchev–Trinajstić information content (AvgIpc) is 2.49. The predicted molar refractivity (Wildman–Crippen MR) is 88.8 cm³/mol. The van der Waals surface area contributed by atoms with Crippen LogP contribution in [0.3, 0.4) is 0 Å². The Morgan fingerprint density at radius 2 is 1.00 bits per heavy atom. The van der Waals surface area contributed by atoms with Gasteiger partial charge in [0.25, 0.3) is 0 Å². The molecule has 0 aromatic heterocycles. The molecule has 3 aromatic rings. The second-order valence-corrected chi connectivity index (χ2v) is 4.73. The van der Waals surface area contributed by atoms with Gasteiger partial charge in [-0.25, -0.2) is 0 Å². The van der Waals surface area contributed by atoms with Gasteiger partial charge in [-0.1, -0.05) is 86.3 Å². The Bertz CT molecular complexity index is 681. The highest BCUT2D eigenvalue weighted by Crippen LogP contribution is 2.33. The van der Waals surface area contributed by atoms with Crippen LogP contribution in [0.15, 0.2) is 78.9 Å². The SMILES string of the molecule is C.Cc1ccccc1-c1ccccc1-c1ccccc1.